The first-order valence-electron chi connectivity index (χ1n) is 10.8. The fourth-order valence-corrected chi connectivity index (χ4v) is 14.1. The van der Waals surface area contributed by atoms with E-state index in [4.69, 9.17) is 15.8 Å². The molecule has 2 unspecified atom stereocenters. The molecule has 0 aromatic heterocycles. The summed E-state index contributed by atoms with van der Waals surface area (Å²) in [5.41, 5.74) is 0. The molecule has 0 aromatic rings. The average Bonchev–Trinajstić information content (AvgIpc) is 2.60. The van der Waals surface area contributed by atoms with Crippen LogP contribution in [0.2, 0.25) is 0 Å². The summed E-state index contributed by atoms with van der Waals surface area (Å²) < 4.78 is 11.9. The standard InChI is InChI=1S/C21H44O2P2/c1-6-16-24(17-7-2)21(25(5,18-8-3)19-9-4)13-15-23-20-12-10-11-14-22-20/h20-21H,5-19H2,1-4H3. The zero-order chi connectivity index (χ0) is 18.5. The van der Waals surface area contributed by atoms with Gasteiger partial charge in [-0.2, -0.15) is 0 Å². The van der Waals surface area contributed by atoms with Gasteiger partial charge in [-0.3, -0.25) is 0 Å². The van der Waals surface area contributed by atoms with Crippen LogP contribution in [0.4, 0.5) is 0 Å². The molecule has 1 aliphatic heterocycles. The third-order valence-corrected chi connectivity index (χ3v) is 15.0. The highest BCUT2D eigenvalue weighted by Crippen LogP contribution is 2.65. The summed E-state index contributed by atoms with van der Waals surface area (Å²) in [5, 5.41) is 0.853. The molecule has 0 aliphatic carbocycles. The molecule has 0 spiro atoms. The molecule has 0 N–H and O–H groups in total. The Labute approximate surface area is 159 Å². The van der Waals surface area contributed by atoms with E-state index in [0.717, 1.165) is 25.0 Å². The molecule has 1 fully saturated rings. The maximum Gasteiger partial charge on any atom is 0.157 e. The number of ether oxygens (including phenoxy) is 2. The fraction of sp³-hybridized carbons (Fsp3) is 0.952. The van der Waals surface area contributed by atoms with Gasteiger partial charge < -0.3 is 9.47 Å². The van der Waals surface area contributed by atoms with E-state index in [1.807, 2.05) is 0 Å². The van der Waals surface area contributed by atoms with E-state index in [2.05, 4.69) is 27.7 Å². The Kier molecular flexibility index (Phi) is 13.0. The first-order chi connectivity index (χ1) is 12.1. The van der Waals surface area contributed by atoms with Gasteiger partial charge in [0.25, 0.3) is 0 Å². The van der Waals surface area contributed by atoms with Crippen molar-refractivity contribution in [1.29, 1.82) is 0 Å². The van der Waals surface area contributed by atoms with E-state index in [1.54, 1.807) is 0 Å². The van der Waals surface area contributed by atoms with E-state index in [9.17, 15) is 0 Å². The van der Waals surface area contributed by atoms with Crippen molar-refractivity contribution < 1.29 is 9.47 Å². The molecule has 1 heterocycles. The predicted octanol–water partition coefficient (Wildman–Crippen LogP) is 6.82. The SMILES string of the molecule is C=P(CCC)(CCC)C(CCOC1CCCCO1)P(CCC)CCC. The lowest BCUT2D eigenvalue weighted by Crippen LogP contribution is -2.24. The fourth-order valence-electron chi connectivity index (χ4n) is 4.24. The molecule has 1 rings (SSSR count). The largest absolute Gasteiger partial charge is 0.353 e. The van der Waals surface area contributed by atoms with Crippen molar-refractivity contribution in [2.75, 3.05) is 37.9 Å². The third kappa shape index (κ3) is 8.47. The van der Waals surface area contributed by atoms with E-state index in [1.165, 1.54) is 69.6 Å². The van der Waals surface area contributed by atoms with E-state index >= 15 is 0 Å². The number of hydrogen-bond donors (Lipinski definition) is 0. The van der Waals surface area contributed by atoms with Crippen molar-refractivity contribution in [2.24, 2.45) is 0 Å². The van der Waals surface area contributed by atoms with Crippen LogP contribution < -0.4 is 0 Å². The summed E-state index contributed by atoms with van der Waals surface area (Å²) in [6.45, 7) is 10.1. The van der Waals surface area contributed by atoms with Crippen molar-refractivity contribution in [1.82, 2.24) is 0 Å². The molecule has 2 nitrogen and oxygen atoms in total. The van der Waals surface area contributed by atoms with E-state index < -0.39 is 6.89 Å². The topological polar surface area (TPSA) is 18.5 Å². The normalized spacial score (nSPS) is 20.1. The molecular weight excluding hydrogens is 346 g/mol. The van der Waals surface area contributed by atoms with E-state index in [0.29, 0.717) is 0 Å². The number of hydrogen-bond acceptors (Lipinski definition) is 2. The minimum atomic E-state index is -1.11. The van der Waals surface area contributed by atoms with Gasteiger partial charge in [0.2, 0.25) is 0 Å². The molecule has 2 atom stereocenters. The van der Waals surface area contributed by atoms with Gasteiger partial charge in [-0.25, -0.2) is 0 Å². The molecule has 0 aromatic carbocycles. The van der Waals surface area contributed by atoms with Crippen molar-refractivity contribution in [3.05, 3.63) is 0 Å². The van der Waals surface area contributed by atoms with Crippen molar-refractivity contribution in [3.8, 4) is 0 Å². The molecule has 0 bridgehead atoms. The molecule has 4 heteroatoms. The van der Waals surface area contributed by atoms with Crippen LogP contribution in [-0.2, 0) is 9.47 Å². The molecule has 150 valence electrons. The Hall–Kier alpha value is 0.650. The van der Waals surface area contributed by atoms with Gasteiger partial charge in [0, 0.05) is 12.0 Å². The monoisotopic (exact) mass is 390 g/mol. The highest BCUT2D eigenvalue weighted by atomic mass is 31.2. The second-order valence-corrected chi connectivity index (χ2v) is 14.7. The van der Waals surface area contributed by atoms with Crippen LogP contribution in [0.5, 0.6) is 0 Å². The van der Waals surface area contributed by atoms with Gasteiger partial charge in [-0.15, -0.1) is 13.2 Å². The lowest BCUT2D eigenvalue weighted by atomic mass is 10.2. The second kappa shape index (κ2) is 13.8. The molecular formula is C21H44O2P2. The first-order valence-corrected chi connectivity index (χ1v) is 15.0. The molecule has 0 saturated carbocycles. The van der Waals surface area contributed by atoms with Crippen molar-refractivity contribution >= 4 is 21.1 Å². The van der Waals surface area contributed by atoms with E-state index in [-0.39, 0.29) is 14.2 Å². The van der Waals surface area contributed by atoms with Crippen LogP contribution in [0.15, 0.2) is 0 Å². The van der Waals surface area contributed by atoms with Gasteiger partial charge in [0.05, 0.1) is 6.61 Å². The molecule has 0 radical (unpaired) electrons. The Morgan fingerprint density at radius 1 is 1.04 bits per heavy atom. The molecule has 0 amide bonds. The van der Waals surface area contributed by atoms with Crippen LogP contribution in [0, 0.1) is 0 Å². The summed E-state index contributed by atoms with van der Waals surface area (Å²) in [5.74, 6) is 0. The molecule has 1 aliphatic rings. The Morgan fingerprint density at radius 2 is 1.68 bits per heavy atom. The third-order valence-electron chi connectivity index (χ3n) is 5.23. The lowest BCUT2D eigenvalue weighted by molar-refractivity contribution is -0.162. The van der Waals surface area contributed by atoms with Gasteiger partial charge in [-0.1, -0.05) is 61.3 Å². The zero-order valence-electron chi connectivity index (χ0n) is 17.5. The predicted molar refractivity (Wildman–Crippen MR) is 120 cm³/mol. The summed E-state index contributed by atoms with van der Waals surface area (Å²) in [6, 6.07) is 0. The maximum absolute atomic E-state index is 6.15. The van der Waals surface area contributed by atoms with Crippen molar-refractivity contribution in [2.45, 2.75) is 90.8 Å². The average molecular weight is 391 g/mol. The second-order valence-electron chi connectivity index (χ2n) is 7.64. The van der Waals surface area contributed by atoms with Gasteiger partial charge in [0.1, 0.15) is 0 Å². The van der Waals surface area contributed by atoms with Crippen LogP contribution >= 0.6 is 14.8 Å². The van der Waals surface area contributed by atoms with Crippen LogP contribution in [0.25, 0.3) is 0 Å². The quantitative estimate of drug-likeness (QED) is 0.303. The Balaban J connectivity index is 2.78. The Morgan fingerprint density at radius 3 is 2.16 bits per heavy atom. The maximum atomic E-state index is 6.15. The molecule has 25 heavy (non-hydrogen) atoms. The van der Waals surface area contributed by atoms with Gasteiger partial charge >= 0.3 is 0 Å². The first kappa shape index (κ1) is 23.7. The van der Waals surface area contributed by atoms with Crippen LogP contribution in [0.1, 0.15) is 79.1 Å². The minimum Gasteiger partial charge on any atom is -0.353 e. The summed E-state index contributed by atoms with van der Waals surface area (Å²) in [7, 11) is 0.102. The van der Waals surface area contributed by atoms with Gasteiger partial charge in [-0.05, 0) is 50.3 Å². The minimum absolute atomic E-state index is 0.0628. The lowest BCUT2D eigenvalue weighted by Gasteiger charge is -2.40. The summed E-state index contributed by atoms with van der Waals surface area (Å²) in [4.78, 5) is 0. The zero-order valence-corrected chi connectivity index (χ0v) is 19.3. The summed E-state index contributed by atoms with van der Waals surface area (Å²) >= 11 is 0. The molecule has 1 saturated heterocycles. The highest BCUT2D eigenvalue weighted by Gasteiger charge is 2.31. The summed E-state index contributed by atoms with van der Waals surface area (Å²) in [6.07, 6.45) is 20.6. The van der Waals surface area contributed by atoms with Crippen LogP contribution in [-0.4, -0.2) is 55.9 Å². The highest BCUT2D eigenvalue weighted by molar-refractivity contribution is 7.85. The van der Waals surface area contributed by atoms with Crippen molar-refractivity contribution in [3.63, 3.8) is 0 Å². The Bertz CT molecular complexity index is 351. The van der Waals surface area contributed by atoms with Gasteiger partial charge in [0.15, 0.2) is 6.29 Å². The smallest absolute Gasteiger partial charge is 0.157 e. The number of rotatable bonds is 14. The van der Waals surface area contributed by atoms with Crippen LogP contribution in [0.3, 0.4) is 0 Å².